The van der Waals surface area contributed by atoms with Crippen molar-refractivity contribution < 1.29 is 35.8 Å². The van der Waals surface area contributed by atoms with Crippen molar-refractivity contribution in [1.82, 2.24) is 10.6 Å². The second kappa shape index (κ2) is 12.5. The van der Waals surface area contributed by atoms with E-state index in [0.29, 0.717) is 5.56 Å². The van der Waals surface area contributed by atoms with Crippen LogP contribution in [0.15, 0.2) is 29.3 Å². The first kappa shape index (κ1) is 26.7. The van der Waals surface area contributed by atoms with Crippen LogP contribution < -0.4 is 20.1 Å². The SMILES string of the molecule is CCOc1cccc(CNC(=NC)NCc2c(F)c(F)cc(F)c2F)c1OC(F)F.I. The number of rotatable bonds is 8. The first-order valence-electron chi connectivity index (χ1n) is 8.74. The molecule has 5 nitrogen and oxygen atoms in total. The summed E-state index contributed by atoms with van der Waals surface area (Å²) in [6, 6.07) is 4.64. The van der Waals surface area contributed by atoms with Crippen LogP contribution in [0.2, 0.25) is 0 Å². The van der Waals surface area contributed by atoms with E-state index in [1.807, 2.05) is 0 Å². The fourth-order valence-corrected chi connectivity index (χ4v) is 2.54. The van der Waals surface area contributed by atoms with Crippen molar-refractivity contribution in [1.29, 1.82) is 0 Å². The van der Waals surface area contributed by atoms with E-state index in [9.17, 15) is 26.3 Å². The van der Waals surface area contributed by atoms with E-state index >= 15 is 0 Å². The molecule has 2 aromatic rings. The van der Waals surface area contributed by atoms with E-state index in [1.165, 1.54) is 19.2 Å². The van der Waals surface area contributed by atoms with Gasteiger partial charge in [-0.3, -0.25) is 4.99 Å². The minimum absolute atomic E-state index is 0. The molecule has 2 N–H and O–H groups in total. The molecule has 0 heterocycles. The first-order chi connectivity index (χ1) is 14.3. The molecule has 0 aliphatic rings. The third kappa shape index (κ3) is 7.08. The summed E-state index contributed by atoms with van der Waals surface area (Å²) in [4.78, 5) is 3.81. The van der Waals surface area contributed by atoms with Gasteiger partial charge in [0, 0.05) is 37.3 Å². The lowest BCUT2D eigenvalue weighted by molar-refractivity contribution is -0.0520. The average Bonchev–Trinajstić information content (AvgIpc) is 2.70. The normalized spacial score (nSPS) is 11.2. The monoisotopic (exact) mass is 563 g/mol. The maximum absolute atomic E-state index is 13.8. The van der Waals surface area contributed by atoms with Crippen LogP contribution in [0.25, 0.3) is 0 Å². The molecular weight excluding hydrogens is 543 g/mol. The molecule has 0 saturated heterocycles. The summed E-state index contributed by atoms with van der Waals surface area (Å²) >= 11 is 0. The number of ether oxygens (including phenoxy) is 2. The molecule has 0 saturated carbocycles. The molecule has 0 amide bonds. The number of halogens is 7. The summed E-state index contributed by atoms with van der Waals surface area (Å²) in [5.41, 5.74) is -0.561. The molecule has 0 atom stereocenters. The lowest BCUT2D eigenvalue weighted by Gasteiger charge is -2.17. The highest BCUT2D eigenvalue weighted by Gasteiger charge is 2.20. The number of nitrogens with zero attached hydrogens (tertiary/aromatic N) is 1. The Labute approximate surface area is 191 Å². The topological polar surface area (TPSA) is 54.9 Å². The summed E-state index contributed by atoms with van der Waals surface area (Å²) in [6.07, 6.45) is 0. The van der Waals surface area contributed by atoms with Crippen LogP contribution in [0, 0.1) is 23.3 Å². The van der Waals surface area contributed by atoms with Crippen LogP contribution in [0.1, 0.15) is 18.1 Å². The maximum atomic E-state index is 13.8. The van der Waals surface area contributed by atoms with E-state index in [4.69, 9.17) is 4.74 Å². The molecule has 12 heteroatoms. The molecule has 0 aromatic heterocycles. The zero-order valence-corrected chi connectivity index (χ0v) is 18.8. The maximum Gasteiger partial charge on any atom is 0.387 e. The minimum Gasteiger partial charge on any atom is -0.490 e. The van der Waals surface area contributed by atoms with Crippen LogP contribution in [-0.4, -0.2) is 26.2 Å². The van der Waals surface area contributed by atoms with Crippen LogP contribution in [0.4, 0.5) is 26.3 Å². The van der Waals surface area contributed by atoms with E-state index < -0.39 is 42.0 Å². The van der Waals surface area contributed by atoms with Gasteiger partial charge >= 0.3 is 6.61 Å². The van der Waals surface area contributed by atoms with Gasteiger partial charge in [-0.1, -0.05) is 12.1 Å². The third-order valence-electron chi connectivity index (χ3n) is 3.87. The molecule has 2 aromatic carbocycles. The van der Waals surface area contributed by atoms with Crippen molar-refractivity contribution >= 4 is 29.9 Å². The Kier molecular flexibility index (Phi) is 10.7. The standard InChI is InChI=1S/C19H19F6N3O2.HI/c1-3-29-14-6-4-5-10(17(14)30-18(24)25)8-27-19(26-2)28-9-11-15(22)12(20)7-13(21)16(11)23;/h4-7,18H,3,8-9H2,1-2H3,(H2,26,27,28);1H. The number of nitrogens with one attached hydrogen (secondary N) is 2. The highest BCUT2D eigenvalue weighted by atomic mass is 127. The van der Waals surface area contributed by atoms with E-state index in [0.717, 1.165) is 0 Å². The van der Waals surface area contributed by atoms with Crippen molar-refractivity contribution in [2.75, 3.05) is 13.7 Å². The number of guanidine groups is 1. The Morgan fingerprint density at radius 3 is 2.19 bits per heavy atom. The van der Waals surface area contributed by atoms with E-state index in [2.05, 4.69) is 20.4 Å². The average molecular weight is 563 g/mol. The van der Waals surface area contributed by atoms with Crippen molar-refractivity contribution in [3.05, 3.63) is 58.7 Å². The number of alkyl halides is 2. The Hall–Kier alpha value is -2.38. The molecule has 0 radical (unpaired) electrons. The molecular formula is C19H20F6IN3O2. The summed E-state index contributed by atoms with van der Waals surface area (Å²) < 4.78 is 89.5. The smallest absolute Gasteiger partial charge is 0.387 e. The lowest BCUT2D eigenvalue weighted by atomic mass is 10.1. The zero-order chi connectivity index (χ0) is 22.3. The van der Waals surface area contributed by atoms with E-state index in [-0.39, 0.29) is 60.7 Å². The van der Waals surface area contributed by atoms with Gasteiger partial charge in [0.15, 0.2) is 40.7 Å². The van der Waals surface area contributed by atoms with Gasteiger partial charge in [0.05, 0.1) is 6.61 Å². The molecule has 0 fully saturated rings. The van der Waals surface area contributed by atoms with Crippen molar-refractivity contribution in [2.24, 2.45) is 4.99 Å². The van der Waals surface area contributed by atoms with Crippen molar-refractivity contribution in [3.63, 3.8) is 0 Å². The predicted molar refractivity (Wildman–Crippen MR) is 113 cm³/mol. The molecule has 0 aliphatic heterocycles. The summed E-state index contributed by atoms with van der Waals surface area (Å²) in [5, 5.41) is 5.23. The minimum atomic E-state index is -3.09. The predicted octanol–water partition coefficient (Wildman–Crippen LogP) is 4.73. The number of para-hydroxylation sites is 1. The molecule has 0 unspecified atom stereocenters. The fourth-order valence-electron chi connectivity index (χ4n) is 2.54. The lowest BCUT2D eigenvalue weighted by Crippen LogP contribution is -2.37. The Morgan fingerprint density at radius 1 is 1.03 bits per heavy atom. The quantitative estimate of drug-likeness (QED) is 0.161. The van der Waals surface area contributed by atoms with Crippen LogP contribution in [-0.2, 0) is 13.1 Å². The summed E-state index contributed by atoms with van der Waals surface area (Å²) in [5.74, 6) is -6.21. The van der Waals surface area contributed by atoms with Gasteiger partial charge in [0.1, 0.15) is 0 Å². The van der Waals surface area contributed by atoms with E-state index in [1.54, 1.807) is 13.0 Å². The number of aliphatic imine (C=N–C) groups is 1. The van der Waals surface area contributed by atoms with Crippen molar-refractivity contribution in [3.8, 4) is 11.5 Å². The molecule has 0 spiro atoms. The van der Waals surface area contributed by atoms with Gasteiger partial charge in [-0.05, 0) is 13.0 Å². The molecule has 31 heavy (non-hydrogen) atoms. The molecule has 2 rings (SSSR count). The number of hydrogen-bond donors (Lipinski definition) is 2. The van der Waals surface area contributed by atoms with Gasteiger partial charge in [-0.15, -0.1) is 24.0 Å². The van der Waals surface area contributed by atoms with Crippen LogP contribution >= 0.6 is 24.0 Å². The zero-order valence-electron chi connectivity index (χ0n) is 16.4. The van der Waals surface area contributed by atoms with Gasteiger partial charge in [0.25, 0.3) is 0 Å². The second-order valence-electron chi connectivity index (χ2n) is 5.78. The summed E-state index contributed by atoms with van der Waals surface area (Å²) in [6.45, 7) is -1.88. The van der Waals surface area contributed by atoms with Crippen LogP contribution in [0.5, 0.6) is 11.5 Å². The van der Waals surface area contributed by atoms with Gasteiger partial charge in [-0.25, -0.2) is 17.6 Å². The number of benzene rings is 2. The molecule has 0 aliphatic carbocycles. The van der Waals surface area contributed by atoms with Crippen molar-refractivity contribution in [2.45, 2.75) is 26.6 Å². The molecule has 172 valence electrons. The number of hydrogen-bond acceptors (Lipinski definition) is 3. The third-order valence-corrected chi connectivity index (χ3v) is 3.87. The fraction of sp³-hybridized carbons (Fsp3) is 0.316. The van der Waals surface area contributed by atoms with Crippen LogP contribution in [0.3, 0.4) is 0 Å². The van der Waals surface area contributed by atoms with Gasteiger partial charge in [-0.2, -0.15) is 8.78 Å². The molecule has 0 bridgehead atoms. The van der Waals surface area contributed by atoms with Gasteiger partial charge in [0.2, 0.25) is 0 Å². The Balaban J connectivity index is 0.00000480. The largest absolute Gasteiger partial charge is 0.490 e. The Bertz CT molecular complexity index is 888. The highest BCUT2D eigenvalue weighted by Crippen LogP contribution is 2.32. The summed E-state index contributed by atoms with van der Waals surface area (Å²) in [7, 11) is 1.33. The highest BCUT2D eigenvalue weighted by molar-refractivity contribution is 14.0. The second-order valence-corrected chi connectivity index (χ2v) is 5.78. The Morgan fingerprint density at radius 2 is 1.65 bits per heavy atom. The first-order valence-corrected chi connectivity index (χ1v) is 8.74. The van der Waals surface area contributed by atoms with Gasteiger partial charge < -0.3 is 20.1 Å².